The zero-order valence-electron chi connectivity index (χ0n) is 7.08. The zero-order chi connectivity index (χ0) is 9.14. The molecule has 1 nitrogen and oxygen atoms in total. The van der Waals surface area contributed by atoms with Gasteiger partial charge in [0.2, 0.25) is 0 Å². The minimum Gasteiger partial charge on any atom is -0.251 e. The van der Waals surface area contributed by atoms with Gasteiger partial charge in [0, 0.05) is 4.90 Å². The summed E-state index contributed by atoms with van der Waals surface area (Å²) >= 11 is 0. The van der Waals surface area contributed by atoms with Crippen molar-refractivity contribution in [3.05, 3.63) is 29.8 Å². The third-order valence-electron chi connectivity index (χ3n) is 1.52. The molecule has 0 bridgehead atoms. The SMILES string of the molecule is Cc1cccc(S(=O)C(C)F)c1. The molecule has 0 saturated heterocycles. The smallest absolute Gasteiger partial charge is 0.176 e. The number of benzene rings is 1. The van der Waals surface area contributed by atoms with Crippen molar-refractivity contribution in [3.8, 4) is 0 Å². The van der Waals surface area contributed by atoms with Crippen LogP contribution in [-0.2, 0) is 10.8 Å². The fraction of sp³-hybridized carbons (Fsp3) is 0.333. The van der Waals surface area contributed by atoms with E-state index in [2.05, 4.69) is 0 Å². The summed E-state index contributed by atoms with van der Waals surface area (Å²) in [4.78, 5) is 0.560. The number of hydrogen-bond donors (Lipinski definition) is 0. The number of rotatable bonds is 2. The second-order valence-electron chi connectivity index (χ2n) is 2.66. The lowest BCUT2D eigenvalue weighted by Crippen LogP contribution is -2.03. The van der Waals surface area contributed by atoms with Gasteiger partial charge in [0.05, 0.1) is 10.8 Å². The van der Waals surface area contributed by atoms with E-state index in [9.17, 15) is 8.60 Å². The van der Waals surface area contributed by atoms with Crippen molar-refractivity contribution in [2.75, 3.05) is 0 Å². The van der Waals surface area contributed by atoms with Crippen LogP contribution in [0.15, 0.2) is 29.2 Å². The predicted octanol–water partition coefficient (Wildman–Crippen LogP) is 2.42. The van der Waals surface area contributed by atoms with E-state index in [0.717, 1.165) is 5.56 Å². The van der Waals surface area contributed by atoms with Crippen LogP contribution in [0.25, 0.3) is 0 Å². The first-order valence-electron chi connectivity index (χ1n) is 3.72. The van der Waals surface area contributed by atoms with Crippen LogP contribution in [-0.4, -0.2) is 9.71 Å². The molecule has 1 rings (SSSR count). The van der Waals surface area contributed by atoms with Crippen molar-refractivity contribution in [2.45, 2.75) is 24.2 Å². The van der Waals surface area contributed by atoms with Gasteiger partial charge in [-0.05, 0) is 31.5 Å². The van der Waals surface area contributed by atoms with Crippen LogP contribution in [0.2, 0.25) is 0 Å². The first kappa shape index (κ1) is 9.39. The van der Waals surface area contributed by atoms with E-state index in [1.807, 2.05) is 13.0 Å². The molecule has 0 amide bonds. The van der Waals surface area contributed by atoms with Gasteiger partial charge in [-0.2, -0.15) is 0 Å². The average molecular weight is 186 g/mol. The molecule has 0 N–H and O–H groups in total. The molecule has 0 aliphatic heterocycles. The highest BCUT2D eigenvalue weighted by Crippen LogP contribution is 2.13. The van der Waals surface area contributed by atoms with Crippen LogP contribution in [0.4, 0.5) is 4.39 Å². The zero-order valence-corrected chi connectivity index (χ0v) is 7.90. The minimum atomic E-state index is -1.51. The lowest BCUT2D eigenvalue weighted by atomic mass is 10.2. The third kappa shape index (κ3) is 2.14. The van der Waals surface area contributed by atoms with Crippen LogP contribution in [0.3, 0.4) is 0 Å². The highest BCUT2D eigenvalue weighted by molar-refractivity contribution is 7.85. The summed E-state index contributed by atoms with van der Waals surface area (Å²) in [5, 5.41) is 0. The Labute approximate surface area is 74.1 Å². The molecule has 66 valence electrons. The van der Waals surface area contributed by atoms with Gasteiger partial charge in [-0.3, -0.25) is 4.21 Å². The molecule has 0 heterocycles. The van der Waals surface area contributed by atoms with Crippen LogP contribution in [0, 0.1) is 6.92 Å². The van der Waals surface area contributed by atoms with E-state index in [1.54, 1.807) is 18.2 Å². The second kappa shape index (κ2) is 3.81. The highest BCUT2D eigenvalue weighted by Gasteiger charge is 2.10. The van der Waals surface area contributed by atoms with Crippen LogP contribution in [0.1, 0.15) is 12.5 Å². The molecule has 0 saturated carbocycles. The fourth-order valence-electron chi connectivity index (χ4n) is 0.928. The third-order valence-corrected chi connectivity index (χ3v) is 2.83. The monoisotopic (exact) mass is 186 g/mol. The summed E-state index contributed by atoms with van der Waals surface area (Å²) in [5.74, 6) is 0. The normalized spacial score (nSPS) is 15.6. The van der Waals surface area contributed by atoms with Crippen molar-refractivity contribution >= 4 is 10.8 Å². The Morgan fingerprint density at radius 3 is 2.67 bits per heavy atom. The van der Waals surface area contributed by atoms with Crippen molar-refractivity contribution in [2.24, 2.45) is 0 Å². The van der Waals surface area contributed by atoms with Gasteiger partial charge in [-0.15, -0.1) is 0 Å². The number of alkyl halides is 1. The first-order chi connectivity index (χ1) is 5.61. The number of hydrogen-bond acceptors (Lipinski definition) is 1. The first-order valence-corrected chi connectivity index (χ1v) is 4.94. The molecule has 0 aliphatic rings. The van der Waals surface area contributed by atoms with Crippen molar-refractivity contribution < 1.29 is 8.60 Å². The summed E-state index contributed by atoms with van der Waals surface area (Å²) in [6, 6.07) is 7.10. The summed E-state index contributed by atoms with van der Waals surface area (Å²) in [6.45, 7) is 3.20. The average Bonchev–Trinajstić information content (AvgIpc) is 2.03. The van der Waals surface area contributed by atoms with Gasteiger partial charge >= 0.3 is 0 Å². The molecule has 2 unspecified atom stereocenters. The van der Waals surface area contributed by atoms with E-state index in [0.29, 0.717) is 4.90 Å². The maximum Gasteiger partial charge on any atom is 0.176 e. The van der Waals surface area contributed by atoms with Crippen LogP contribution < -0.4 is 0 Å². The Morgan fingerprint density at radius 2 is 2.17 bits per heavy atom. The lowest BCUT2D eigenvalue weighted by molar-refractivity contribution is 0.467. The maximum atomic E-state index is 12.6. The van der Waals surface area contributed by atoms with Crippen molar-refractivity contribution in [1.29, 1.82) is 0 Å². The van der Waals surface area contributed by atoms with Crippen molar-refractivity contribution in [3.63, 3.8) is 0 Å². The van der Waals surface area contributed by atoms with Gasteiger partial charge in [0.1, 0.15) is 0 Å². The van der Waals surface area contributed by atoms with E-state index in [4.69, 9.17) is 0 Å². The van der Waals surface area contributed by atoms with E-state index in [-0.39, 0.29) is 0 Å². The molecule has 2 atom stereocenters. The number of aryl methyl sites for hydroxylation is 1. The Hall–Kier alpha value is -0.700. The number of halogens is 1. The predicted molar refractivity (Wildman–Crippen MR) is 48.2 cm³/mol. The van der Waals surface area contributed by atoms with Gasteiger partial charge in [0.25, 0.3) is 0 Å². The molecule has 0 aromatic heterocycles. The summed E-state index contributed by atoms with van der Waals surface area (Å²) < 4.78 is 23.8. The van der Waals surface area contributed by atoms with Gasteiger partial charge in [0.15, 0.2) is 5.50 Å². The van der Waals surface area contributed by atoms with Gasteiger partial charge in [-0.25, -0.2) is 4.39 Å². The summed E-state index contributed by atoms with van der Waals surface area (Å²) in [7, 11) is -1.51. The maximum absolute atomic E-state index is 12.6. The molecule has 1 aromatic rings. The van der Waals surface area contributed by atoms with Crippen LogP contribution >= 0.6 is 0 Å². The molecule has 3 heteroatoms. The van der Waals surface area contributed by atoms with Gasteiger partial charge in [-0.1, -0.05) is 12.1 Å². The molecule has 0 aliphatic carbocycles. The molecular weight excluding hydrogens is 175 g/mol. The standard InChI is InChI=1S/C9H11FOS/c1-7-4-3-5-9(6-7)12(11)8(2)10/h3-6,8H,1-2H3. The lowest BCUT2D eigenvalue weighted by Gasteiger charge is -2.02. The molecule has 0 radical (unpaired) electrons. The largest absolute Gasteiger partial charge is 0.251 e. The second-order valence-corrected chi connectivity index (χ2v) is 4.37. The molecule has 1 aromatic carbocycles. The van der Waals surface area contributed by atoms with E-state index in [1.165, 1.54) is 6.92 Å². The molecule has 12 heavy (non-hydrogen) atoms. The molecule has 0 fully saturated rings. The minimum absolute atomic E-state index is 0.560. The summed E-state index contributed by atoms with van der Waals surface area (Å²) in [6.07, 6.45) is 0. The highest BCUT2D eigenvalue weighted by atomic mass is 32.2. The van der Waals surface area contributed by atoms with E-state index >= 15 is 0 Å². The molecule has 0 spiro atoms. The Bertz CT molecular complexity index is 296. The Morgan fingerprint density at radius 1 is 1.50 bits per heavy atom. The summed E-state index contributed by atoms with van der Waals surface area (Å²) in [5.41, 5.74) is -0.298. The Kier molecular flexibility index (Phi) is 2.98. The fourth-order valence-corrected chi connectivity index (χ4v) is 1.82. The Balaban J connectivity index is 2.96. The topological polar surface area (TPSA) is 17.1 Å². The van der Waals surface area contributed by atoms with Crippen LogP contribution in [0.5, 0.6) is 0 Å². The molecular formula is C9H11FOS. The van der Waals surface area contributed by atoms with Gasteiger partial charge < -0.3 is 0 Å². The van der Waals surface area contributed by atoms with E-state index < -0.39 is 16.3 Å². The quantitative estimate of drug-likeness (QED) is 0.693. The van der Waals surface area contributed by atoms with Crippen molar-refractivity contribution in [1.82, 2.24) is 0 Å².